The summed E-state index contributed by atoms with van der Waals surface area (Å²) in [4.78, 5) is 0. The summed E-state index contributed by atoms with van der Waals surface area (Å²) in [6.45, 7) is 0. The lowest BCUT2D eigenvalue weighted by molar-refractivity contribution is 0.976. The number of hydrogen-bond acceptors (Lipinski definition) is 1. The van der Waals surface area contributed by atoms with E-state index in [2.05, 4.69) is 49.9 Å². The number of nitrogens with one attached hydrogen (secondary N) is 1. The van der Waals surface area contributed by atoms with Crippen molar-refractivity contribution in [3.63, 3.8) is 0 Å². The van der Waals surface area contributed by atoms with Crippen LogP contribution in [0, 0.1) is 0 Å². The van der Waals surface area contributed by atoms with Crippen molar-refractivity contribution in [1.82, 2.24) is 14.8 Å². The zero-order valence-electron chi connectivity index (χ0n) is 8.74. The number of aromatic amines is 1. The van der Waals surface area contributed by atoms with Crippen molar-refractivity contribution >= 4 is 26.8 Å². The first-order valence-corrected chi connectivity index (χ1v) is 5.80. The minimum Gasteiger partial charge on any atom is -0.343 e. The van der Waals surface area contributed by atoms with Crippen molar-refractivity contribution in [3.05, 3.63) is 41.1 Å². The van der Waals surface area contributed by atoms with Crippen LogP contribution in [0.2, 0.25) is 0 Å². The first-order valence-electron chi connectivity index (χ1n) is 5.01. The molecule has 2 aromatic heterocycles. The molecule has 1 N–H and O–H groups in total. The number of hydrogen-bond donors (Lipinski definition) is 1. The number of aromatic nitrogens is 3. The van der Waals surface area contributed by atoms with E-state index in [0.717, 1.165) is 15.7 Å². The van der Waals surface area contributed by atoms with Gasteiger partial charge in [0.2, 0.25) is 0 Å². The molecule has 0 saturated carbocycles. The highest BCUT2D eigenvalue weighted by molar-refractivity contribution is 9.10. The van der Waals surface area contributed by atoms with Crippen LogP contribution in [0.15, 0.2) is 41.1 Å². The summed E-state index contributed by atoms with van der Waals surface area (Å²) in [5.74, 6) is 0. The Balaban J connectivity index is 2.42. The molecule has 80 valence electrons. The van der Waals surface area contributed by atoms with Crippen LogP contribution in [0.4, 0.5) is 0 Å². The van der Waals surface area contributed by atoms with Gasteiger partial charge < -0.3 is 4.57 Å². The fourth-order valence-electron chi connectivity index (χ4n) is 2.05. The maximum atomic E-state index is 3.99. The molecule has 0 unspecified atom stereocenters. The SMILES string of the molecule is Cn1c(-c2cn[nH]c2)c(Br)c2ccccc21. The second-order valence-corrected chi connectivity index (χ2v) is 4.52. The molecule has 2 heterocycles. The molecule has 4 heteroatoms. The first kappa shape index (κ1) is 9.66. The van der Waals surface area contributed by atoms with Crippen LogP contribution in [0.3, 0.4) is 0 Å². The highest BCUT2D eigenvalue weighted by Crippen LogP contribution is 2.36. The Hall–Kier alpha value is -1.55. The van der Waals surface area contributed by atoms with Crippen molar-refractivity contribution in [3.8, 4) is 11.3 Å². The van der Waals surface area contributed by atoms with Crippen LogP contribution in [0.5, 0.6) is 0 Å². The number of rotatable bonds is 1. The maximum Gasteiger partial charge on any atom is 0.0664 e. The maximum absolute atomic E-state index is 3.99. The van der Waals surface area contributed by atoms with Crippen LogP contribution >= 0.6 is 15.9 Å². The predicted molar refractivity (Wildman–Crippen MR) is 68.2 cm³/mol. The van der Waals surface area contributed by atoms with Gasteiger partial charge in [-0.2, -0.15) is 5.10 Å². The molecule has 0 fully saturated rings. The molecule has 0 aliphatic carbocycles. The zero-order chi connectivity index (χ0) is 11.1. The molecule has 0 atom stereocenters. The van der Waals surface area contributed by atoms with Gasteiger partial charge in [-0.15, -0.1) is 0 Å². The predicted octanol–water partition coefficient (Wildman–Crippen LogP) is 3.33. The largest absolute Gasteiger partial charge is 0.343 e. The molecule has 0 aliphatic rings. The quantitative estimate of drug-likeness (QED) is 0.726. The van der Waals surface area contributed by atoms with Gasteiger partial charge in [-0.25, -0.2) is 0 Å². The standard InChI is InChI=1S/C12H10BrN3/c1-16-10-5-3-2-4-9(10)11(13)12(16)8-6-14-15-7-8/h2-7H,1H3,(H,14,15). The van der Waals surface area contributed by atoms with Gasteiger partial charge in [0.1, 0.15) is 0 Å². The van der Waals surface area contributed by atoms with Crippen molar-refractivity contribution in [1.29, 1.82) is 0 Å². The number of para-hydroxylation sites is 1. The van der Waals surface area contributed by atoms with E-state index in [1.807, 2.05) is 24.5 Å². The van der Waals surface area contributed by atoms with Gasteiger partial charge in [0, 0.05) is 29.7 Å². The summed E-state index contributed by atoms with van der Waals surface area (Å²) in [7, 11) is 2.06. The van der Waals surface area contributed by atoms with E-state index < -0.39 is 0 Å². The summed E-state index contributed by atoms with van der Waals surface area (Å²) >= 11 is 3.66. The van der Waals surface area contributed by atoms with Gasteiger partial charge in [0.15, 0.2) is 0 Å². The third-order valence-corrected chi connectivity index (χ3v) is 3.62. The van der Waals surface area contributed by atoms with Gasteiger partial charge >= 0.3 is 0 Å². The average Bonchev–Trinajstić information content (AvgIpc) is 2.89. The molecule has 3 aromatic rings. The van der Waals surface area contributed by atoms with Gasteiger partial charge in [-0.05, 0) is 22.0 Å². The van der Waals surface area contributed by atoms with E-state index in [4.69, 9.17) is 0 Å². The summed E-state index contributed by atoms with van der Waals surface area (Å²) < 4.78 is 3.29. The van der Waals surface area contributed by atoms with Crippen molar-refractivity contribution in [2.75, 3.05) is 0 Å². The lowest BCUT2D eigenvalue weighted by atomic mass is 10.2. The van der Waals surface area contributed by atoms with Gasteiger partial charge in [-0.1, -0.05) is 18.2 Å². The van der Waals surface area contributed by atoms with E-state index in [0.29, 0.717) is 0 Å². The second kappa shape index (κ2) is 3.49. The molecule has 0 amide bonds. The number of halogens is 1. The molecule has 1 aromatic carbocycles. The first-order chi connectivity index (χ1) is 7.79. The highest BCUT2D eigenvalue weighted by atomic mass is 79.9. The van der Waals surface area contributed by atoms with Crippen molar-refractivity contribution < 1.29 is 0 Å². The summed E-state index contributed by atoms with van der Waals surface area (Å²) in [5, 5.41) is 8.06. The van der Waals surface area contributed by atoms with E-state index in [-0.39, 0.29) is 0 Å². The number of H-pyrrole nitrogens is 1. The summed E-state index contributed by atoms with van der Waals surface area (Å²) in [5.41, 5.74) is 3.45. The third-order valence-electron chi connectivity index (χ3n) is 2.82. The molecule has 16 heavy (non-hydrogen) atoms. The Morgan fingerprint density at radius 1 is 1.31 bits per heavy atom. The Bertz CT molecular complexity index is 599. The van der Waals surface area contributed by atoms with E-state index >= 15 is 0 Å². The van der Waals surface area contributed by atoms with E-state index in [1.165, 1.54) is 10.9 Å². The molecule has 3 nitrogen and oxygen atoms in total. The smallest absolute Gasteiger partial charge is 0.0664 e. The fraction of sp³-hybridized carbons (Fsp3) is 0.0833. The Labute approximate surface area is 101 Å². The Morgan fingerprint density at radius 3 is 2.81 bits per heavy atom. The zero-order valence-corrected chi connectivity index (χ0v) is 10.3. The van der Waals surface area contributed by atoms with Gasteiger partial charge in [0.05, 0.1) is 16.4 Å². The topological polar surface area (TPSA) is 33.6 Å². The lowest BCUT2D eigenvalue weighted by Crippen LogP contribution is -1.90. The van der Waals surface area contributed by atoms with Crippen LogP contribution in [0.25, 0.3) is 22.2 Å². The monoisotopic (exact) mass is 275 g/mol. The molecule has 3 rings (SSSR count). The van der Waals surface area contributed by atoms with Crippen molar-refractivity contribution in [2.24, 2.45) is 7.05 Å². The summed E-state index contributed by atoms with van der Waals surface area (Å²) in [6, 6.07) is 8.33. The average molecular weight is 276 g/mol. The Morgan fingerprint density at radius 2 is 2.12 bits per heavy atom. The van der Waals surface area contributed by atoms with Crippen molar-refractivity contribution in [2.45, 2.75) is 0 Å². The van der Waals surface area contributed by atoms with Crippen LogP contribution in [-0.2, 0) is 7.05 Å². The number of nitrogens with zero attached hydrogens (tertiary/aromatic N) is 2. The van der Waals surface area contributed by atoms with Gasteiger partial charge in [-0.3, -0.25) is 5.10 Å². The van der Waals surface area contributed by atoms with Crippen LogP contribution in [0.1, 0.15) is 0 Å². The number of fused-ring (bicyclic) bond motifs is 1. The summed E-state index contributed by atoms with van der Waals surface area (Å²) in [6.07, 6.45) is 3.73. The number of benzene rings is 1. The Kier molecular flexibility index (Phi) is 2.11. The molecule has 0 saturated heterocycles. The highest BCUT2D eigenvalue weighted by Gasteiger charge is 2.14. The van der Waals surface area contributed by atoms with Crippen LogP contribution < -0.4 is 0 Å². The molecule has 0 spiro atoms. The van der Waals surface area contributed by atoms with E-state index in [9.17, 15) is 0 Å². The van der Waals surface area contributed by atoms with E-state index in [1.54, 1.807) is 0 Å². The third kappa shape index (κ3) is 1.23. The molecule has 0 aliphatic heterocycles. The molecule has 0 bridgehead atoms. The molecular formula is C12H10BrN3. The molecule has 0 radical (unpaired) electrons. The van der Waals surface area contributed by atoms with Crippen LogP contribution in [-0.4, -0.2) is 14.8 Å². The molecular weight excluding hydrogens is 266 g/mol. The van der Waals surface area contributed by atoms with Gasteiger partial charge in [0.25, 0.3) is 0 Å². The minimum atomic E-state index is 1.09. The minimum absolute atomic E-state index is 1.09. The normalized spacial score (nSPS) is 11.1. The second-order valence-electron chi connectivity index (χ2n) is 3.73. The fourth-order valence-corrected chi connectivity index (χ4v) is 2.88. The number of aryl methyl sites for hydroxylation is 1. The lowest BCUT2D eigenvalue weighted by Gasteiger charge is -2.01.